The molecule has 0 spiro atoms. The second-order valence-electron chi connectivity index (χ2n) is 5.34. The Morgan fingerprint density at radius 2 is 1.95 bits per heavy atom. The van der Waals surface area contributed by atoms with E-state index in [1.807, 2.05) is 26.0 Å². The Hall–Kier alpha value is -1.07. The van der Waals surface area contributed by atoms with Crippen LogP contribution in [0.15, 0.2) is 22.7 Å². The summed E-state index contributed by atoms with van der Waals surface area (Å²) < 4.78 is 5.22. The first kappa shape index (κ1) is 17.3. The number of aliphatic hydroxyl groups excluding tert-OH is 1. The third-order valence-corrected chi connectivity index (χ3v) is 4.32. The van der Waals surface area contributed by atoms with E-state index in [2.05, 4.69) is 10.1 Å². The summed E-state index contributed by atoms with van der Waals surface area (Å²) in [6, 6.07) is 5.65. The van der Waals surface area contributed by atoms with Crippen LogP contribution in [0.3, 0.4) is 0 Å². The molecular weight excluding hydrogens is 323 g/mol. The summed E-state index contributed by atoms with van der Waals surface area (Å²) in [5.74, 6) is 0.834. The van der Waals surface area contributed by atoms with Gasteiger partial charge in [-0.15, -0.1) is 0 Å². The predicted molar refractivity (Wildman–Crippen MR) is 88.3 cm³/mol. The highest BCUT2D eigenvalue weighted by Crippen LogP contribution is 2.24. The molecule has 0 saturated heterocycles. The number of nitrogens with zero attached hydrogens (tertiary/aromatic N) is 2. The lowest BCUT2D eigenvalue weighted by molar-refractivity contribution is 0.211. The van der Waals surface area contributed by atoms with Crippen molar-refractivity contribution in [3.8, 4) is 0 Å². The van der Waals surface area contributed by atoms with Gasteiger partial charge in [0.15, 0.2) is 0 Å². The lowest BCUT2D eigenvalue weighted by atomic mass is 10.1. The highest BCUT2D eigenvalue weighted by atomic mass is 35.5. The molecule has 1 aromatic heterocycles. The monoisotopic (exact) mass is 342 g/mol. The van der Waals surface area contributed by atoms with Crippen molar-refractivity contribution in [3.63, 3.8) is 0 Å². The molecule has 4 nitrogen and oxygen atoms in total. The quantitative estimate of drug-likeness (QED) is 0.826. The largest absolute Gasteiger partial charge is 0.396 e. The maximum atomic E-state index is 9.10. The molecular formula is C16H20Cl2N2O2. The SMILES string of the molecule is Cc1noc(C)c1CN(CCCO)Cc1ccc(Cl)c(Cl)c1. The number of halogens is 2. The molecule has 0 atom stereocenters. The van der Waals surface area contributed by atoms with Crippen molar-refractivity contribution >= 4 is 23.2 Å². The summed E-state index contributed by atoms with van der Waals surface area (Å²) >= 11 is 12.0. The molecule has 2 rings (SSSR count). The highest BCUT2D eigenvalue weighted by molar-refractivity contribution is 6.42. The second-order valence-corrected chi connectivity index (χ2v) is 6.15. The molecule has 0 unspecified atom stereocenters. The zero-order valence-electron chi connectivity index (χ0n) is 12.8. The van der Waals surface area contributed by atoms with Crippen LogP contribution >= 0.6 is 23.2 Å². The van der Waals surface area contributed by atoms with Crippen LogP contribution in [0.5, 0.6) is 0 Å². The van der Waals surface area contributed by atoms with Gasteiger partial charge in [0, 0.05) is 31.8 Å². The van der Waals surface area contributed by atoms with Gasteiger partial charge in [0.2, 0.25) is 0 Å². The summed E-state index contributed by atoms with van der Waals surface area (Å²) in [6.45, 7) is 6.25. The molecule has 1 aromatic carbocycles. The number of hydrogen-bond donors (Lipinski definition) is 1. The van der Waals surface area contributed by atoms with Crippen LogP contribution in [0.25, 0.3) is 0 Å². The minimum Gasteiger partial charge on any atom is -0.396 e. The number of rotatable bonds is 7. The van der Waals surface area contributed by atoms with Crippen LogP contribution < -0.4 is 0 Å². The molecule has 0 aliphatic rings. The first-order valence-corrected chi connectivity index (χ1v) is 7.95. The molecule has 0 fully saturated rings. The third kappa shape index (κ3) is 4.46. The number of aromatic nitrogens is 1. The molecule has 0 radical (unpaired) electrons. The smallest absolute Gasteiger partial charge is 0.138 e. The molecule has 0 amide bonds. The van der Waals surface area contributed by atoms with Crippen LogP contribution in [0.2, 0.25) is 10.0 Å². The van der Waals surface area contributed by atoms with Crippen LogP contribution in [0, 0.1) is 13.8 Å². The van der Waals surface area contributed by atoms with Crippen molar-refractivity contribution in [1.82, 2.24) is 10.1 Å². The molecule has 22 heavy (non-hydrogen) atoms. The zero-order valence-corrected chi connectivity index (χ0v) is 14.3. The molecule has 0 saturated carbocycles. The van der Waals surface area contributed by atoms with E-state index in [4.69, 9.17) is 32.8 Å². The van der Waals surface area contributed by atoms with Gasteiger partial charge in [0.25, 0.3) is 0 Å². The van der Waals surface area contributed by atoms with Crippen molar-refractivity contribution in [2.45, 2.75) is 33.4 Å². The van der Waals surface area contributed by atoms with Crippen LogP contribution in [-0.2, 0) is 13.1 Å². The Labute approximate surface area is 140 Å². The molecule has 120 valence electrons. The fraction of sp³-hybridized carbons (Fsp3) is 0.438. The molecule has 2 aromatic rings. The summed E-state index contributed by atoms with van der Waals surface area (Å²) in [4.78, 5) is 2.24. The van der Waals surface area contributed by atoms with E-state index in [1.165, 1.54) is 0 Å². The number of aliphatic hydroxyl groups is 1. The van der Waals surface area contributed by atoms with E-state index in [0.717, 1.165) is 42.2 Å². The van der Waals surface area contributed by atoms with Crippen molar-refractivity contribution in [2.24, 2.45) is 0 Å². The van der Waals surface area contributed by atoms with E-state index in [9.17, 15) is 0 Å². The Kier molecular flexibility index (Phi) is 6.26. The van der Waals surface area contributed by atoms with Crippen LogP contribution in [-0.4, -0.2) is 28.3 Å². The molecule has 0 aliphatic carbocycles. The molecule has 0 aliphatic heterocycles. The van der Waals surface area contributed by atoms with E-state index < -0.39 is 0 Å². The van der Waals surface area contributed by atoms with Gasteiger partial charge >= 0.3 is 0 Å². The van der Waals surface area contributed by atoms with Gasteiger partial charge in [0.1, 0.15) is 5.76 Å². The van der Waals surface area contributed by atoms with E-state index in [-0.39, 0.29) is 6.61 Å². The Bertz CT molecular complexity index is 609. The Morgan fingerprint density at radius 1 is 1.18 bits per heavy atom. The maximum absolute atomic E-state index is 9.10. The minimum atomic E-state index is 0.166. The lowest BCUT2D eigenvalue weighted by Gasteiger charge is -2.22. The van der Waals surface area contributed by atoms with Gasteiger partial charge in [0.05, 0.1) is 15.7 Å². The van der Waals surface area contributed by atoms with Crippen molar-refractivity contribution in [2.75, 3.05) is 13.2 Å². The molecule has 1 N–H and O–H groups in total. The average Bonchev–Trinajstić information content (AvgIpc) is 2.80. The second kappa shape index (κ2) is 7.97. The van der Waals surface area contributed by atoms with Gasteiger partial charge < -0.3 is 9.63 Å². The maximum Gasteiger partial charge on any atom is 0.138 e. The standard InChI is InChI=1S/C16H20Cl2N2O2/c1-11-14(12(2)22-19-11)10-20(6-3-7-21)9-13-4-5-15(17)16(18)8-13/h4-5,8,21H,3,6-7,9-10H2,1-2H3. The van der Waals surface area contributed by atoms with Gasteiger partial charge in [-0.3, -0.25) is 4.90 Å². The third-order valence-electron chi connectivity index (χ3n) is 3.59. The summed E-state index contributed by atoms with van der Waals surface area (Å²) in [6.07, 6.45) is 0.713. The van der Waals surface area contributed by atoms with Gasteiger partial charge in [-0.05, 0) is 38.0 Å². The van der Waals surface area contributed by atoms with Gasteiger partial charge in [-0.25, -0.2) is 0 Å². The Morgan fingerprint density at radius 3 is 2.55 bits per heavy atom. The first-order chi connectivity index (χ1) is 10.5. The number of aryl methyl sites for hydroxylation is 2. The summed E-state index contributed by atoms with van der Waals surface area (Å²) in [5.41, 5.74) is 3.08. The van der Waals surface area contributed by atoms with Crippen LogP contribution in [0.1, 0.15) is 29.0 Å². The highest BCUT2D eigenvalue weighted by Gasteiger charge is 2.14. The van der Waals surface area contributed by atoms with Crippen molar-refractivity contribution in [3.05, 3.63) is 50.8 Å². The molecule has 6 heteroatoms. The van der Waals surface area contributed by atoms with Crippen LogP contribution in [0.4, 0.5) is 0 Å². The topological polar surface area (TPSA) is 49.5 Å². The van der Waals surface area contributed by atoms with Crippen molar-refractivity contribution in [1.29, 1.82) is 0 Å². The van der Waals surface area contributed by atoms with Gasteiger partial charge in [-0.2, -0.15) is 0 Å². The van der Waals surface area contributed by atoms with E-state index in [0.29, 0.717) is 16.5 Å². The fourth-order valence-electron chi connectivity index (χ4n) is 2.36. The number of hydrogen-bond acceptors (Lipinski definition) is 4. The summed E-state index contributed by atoms with van der Waals surface area (Å²) in [5, 5.41) is 14.2. The van der Waals surface area contributed by atoms with Gasteiger partial charge in [-0.1, -0.05) is 34.4 Å². The normalized spacial score (nSPS) is 11.4. The zero-order chi connectivity index (χ0) is 16.1. The fourth-order valence-corrected chi connectivity index (χ4v) is 2.68. The first-order valence-electron chi connectivity index (χ1n) is 7.20. The molecule has 1 heterocycles. The Balaban J connectivity index is 2.13. The lowest BCUT2D eigenvalue weighted by Crippen LogP contribution is -2.25. The van der Waals surface area contributed by atoms with E-state index in [1.54, 1.807) is 6.07 Å². The summed E-state index contributed by atoms with van der Waals surface area (Å²) in [7, 11) is 0. The molecule has 0 bridgehead atoms. The van der Waals surface area contributed by atoms with E-state index >= 15 is 0 Å². The van der Waals surface area contributed by atoms with Crippen molar-refractivity contribution < 1.29 is 9.63 Å². The number of benzene rings is 1. The average molecular weight is 343 g/mol. The minimum absolute atomic E-state index is 0.166. The predicted octanol–water partition coefficient (Wildman–Crippen LogP) is 3.98.